The molecule has 3 amide bonds. The molecule has 4 rings (SSSR count). The summed E-state index contributed by atoms with van der Waals surface area (Å²) in [6.07, 6.45) is 5.60. The maximum absolute atomic E-state index is 13.0. The Kier molecular flexibility index (Phi) is 9.87. The lowest BCUT2D eigenvalue weighted by Gasteiger charge is -2.22. The van der Waals surface area contributed by atoms with Crippen LogP contribution in [0.1, 0.15) is 43.7 Å². The smallest absolute Gasteiger partial charge is 0.294 e. The number of ether oxygens (including phenoxy) is 2. The lowest BCUT2D eigenvalue weighted by Crippen LogP contribution is -2.42. The van der Waals surface area contributed by atoms with E-state index in [1.54, 1.807) is 41.3 Å². The molecule has 0 aromatic heterocycles. The van der Waals surface area contributed by atoms with E-state index in [9.17, 15) is 14.4 Å². The maximum Gasteiger partial charge on any atom is 0.294 e. The highest BCUT2D eigenvalue weighted by atomic mass is 35.5. The van der Waals surface area contributed by atoms with E-state index in [1.807, 2.05) is 6.92 Å². The van der Waals surface area contributed by atoms with Gasteiger partial charge in [-0.25, -0.2) is 0 Å². The molecule has 0 bridgehead atoms. The van der Waals surface area contributed by atoms with Gasteiger partial charge >= 0.3 is 0 Å². The molecule has 38 heavy (non-hydrogen) atoms. The highest BCUT2D eigenvalue weighted by Gasteiger charge is 2.37. The molecule has 2 fully saturated rings. The molecular weight excluding hydrogens is 571 g/mol. The molecular formula is C27H27Cl3N2O5S. The van der Waals surface area contributed by atoms with Crippen LogP contribution in [-0.4, -0.2) is 53.1 Å². The molecule has 0 atom stereocenters. The van der Waals surface area contributed by atoms with Gasteiger partial charge < -0.3 is 14.4 Å². The van der Waals surface area contributed by atoms with Crippen LogP contribution in [0, 0.1) is 0 Å². The molecule has 11 heteroatoms. The lowest BCUT2D eigenvalue weighted by atomic mass is 10.1. The highest BCUT2D eigenvalue weighted by molar-refractivity contribution is 8.18. The Bertz CT molecular complexity index is 1260. The van der Waals surface area contributed by atoms with Gasteiger partial charge in [0.1, 0.15) is 13.2 Å². The second kappa shape index (κ2) is 13.1. The van der Waals surface area contributed by atoms with Crippen LogP contribution in [0.25, 0.3) is 6.08 Å². The number of hydrogen-bond donors (Lipinski definition) is 0. The van der Waals surface area contributed by atoms with Crippen molar-refractivity contribution in [1.29, 1.82) is 0 Å². The second-order valence-electron chi connectivity index (χ2n) is 8.85. The van der Waals surface area contributed by atoms with Crippen molar-refractivity contribution in [3.8, 4) is 11.5 Å². The number of carbonyl (C=O) groups excluding carboxylic acids is 3. The van der Waals surface area contributed by atoms with E-state index < -0.39 is 11.1 Å². The van der Waals surface area contributed by atoms with Gasteiger partial charge in [0, 0.05) is 28.7 Å². The molecule has 0 aliphatic carbocycles. The zero-order valence-corrected chi connectivity index (χ0v) is 23.9. The average Bonchev–Trinajstić information content (AvgIpc) is 3.05. The quantitative estimate of drug-likeness (QED) is 0.303. The molecule has 7 nitrogen and oxygen atoms in total. The van der Waals surface area contributed by atoms with Crippen molar-refractivity contribution in [3.63, 3.8) is 0 Å². The summed E-state index contributed by atoms with van der Waals surface area (Å²) >= 11 is 19.6. The van der Waals surface area contributed by atoms with Crippen molar-refractivity contribution in [2.75, 3.05) is 26.2 Å². The predicted octanol–water partition coefficient (Wildman–Crippen LogP) is 7.06. The molecule has 0 saturated carbocycles. The van der Waals surface area contributed by atoms with Crippen molar-refractivity contribution in [1.82, 2.24) is 9.80 Å². The first-order valence-corrected chi connectivity index (χ1v) is 14.3. The number of halogens is 3. The van der Waals surface area contributed by atoms with Crippen LogP contribution in [0.4, 0.5) is 4.79 Å². The minimum absolute atomic E-state index is 0.138. The first-order chi connectivity index (χ1) is 18.3. The fourth-order valence-corrected chi connectivity index (χ4v) is 5.78. The number of likely N-dealkylation sites (tertiary alicyclic amines) is 1. The first-order valence-electron chi connectivity index (χ1n) is 12.3. The normalized spacial score (nSPS) is 17.2. The third-order valence-corrected chi connectivity index (χ3v) is 7.92. The Morgan fingerprint density at radius 2 is 1.74 bits per heavy atom. The molecule has 202 valence electrons. The van der Waals surface area contributed by atoms with Crippen LogP contribution in [-0.2, 0) is 16.2 Å². The van der Waals surface area contributed by atoms with E-state index in [0.717, 1.165) is 47.9 Å². The summed E-state index contributed by atoms with van der Waals surface area (Å²) in [5.41, 5.74) is 1.28. The Balaban J connectivity index is 1.50. The first kappa shape index (κ1) is 28.6. The van der Waals surface area contributed by atoms with Crippen LogP contribution in [0.2, 0.25) is 15.1 Å². The van der Waals surface area contributed by atoms with Crippen molar-refractivity contribution in [2.24, 2.45) is 0 Å². The van der Waals surface area contributed by atoms with E-state index in [0.29, 0.717) is 46.8 Å². The molecule has 2 aliphatic heterocycles. The van der Waals surface area contributed by atoms with Gasteiger partial charge in [-0.05, 0) is 67.4 Å². The highest BCUT2D eigenvalue weighted by Crippen LogP contribution is 2.40. The summed E-state index contributed by atoms with van der Waals surface area (Å²) in [5, 5.41) is 0.781. The zero-order valence-electron chi connectivity index (χ0n) is 20.8. The average molecular weight is 598 g/mol. The monoisotopic (exact) mass is 596 g/mol. The summed E-state index contributed by atoms with van der Waals surface area (Å²) in [6.45, 7) is 3.37. The number of thioether (sulfide) groups is 1. The molecule has 0 N–H and O–H groups in total. The van der Waals surface area contributed by atoms with Gasteiger partial charge in [0.25, 0.3) is 11.1 Å². The predicted molar refractivity (Wildman–Crippen MR) is 151 cm³/mol. The van der Waals surface area contributed by atoms with Crippen LogP contribution < -0.4 is 9.47 Å². The van der Waals surface area contributed by atoms with Crippen molar-refractivity contribution < 1.29 is 23.9 Å². The van der Waals surface area contributed by atoms with Crippen molar-refractivity contribution >= 4 is 69.7 Å². The number of hydrogen-bond acceptors (Lipinski definition) is 6. The molecule has 0 unspecified atom stereocenters. The third kappa shape index (κ3) is 6.97. The number of nitrogens with zero attached hydrogens (tertiary/aromatic N) is 2. The fraction of sp³-hybridized carbons (Fsp3) is 0.370. The lowest BCUT2D eigenvalue weighted by molar-refractivity contribution is -0.135. The van der Waals surface area contributed by atoms with Crippen molar-refractivity contribution in [3.05, 3.63) is 61.4 Å². The number of imide groups is 1. The molecule has 2 saturated heterocycles. The SMILES string of the molecule is CCOc1cc(C=C2SC(=O)N(CC(=O)N3CCCCCC3)C2=O)cc(Cl)c1OCc1ccc(Cl)cc1Cl. The minimum atomic E-state index is -0.505. The van der Waals surface area contributed by atoms with Gasteiger partial charge in [-0.3, -0.25) is 19.3 Å². The molecule has 2 aromatic rings. The van der Waals surface area contributed by atoms with Crippen LogP contribution >= 0.6 is 46.6 Å². The van der Waals surface area contributed by atoms with E-state index in [-0.39, 0.29) is 29.0 Å². The van der Waals surface area contributed by atoms with Crippen LogP contribution in [0.15, 0.2) is 35.2 Å². The topological polar surface area (TPSA) is 76.2 Å². The van der Waals surface area contributed by atoms with E-state index in [4.69, 9.17) is 44.3 Å². The summed E-state index contributed by atoms with van der Waals surface area (Å²) in [4.78, 5) is 41.3. The Hall–Kier alpha value is -2.39. The minimum Gasteiger partial charge on any atom is -0.490 e. The second-order valence-corrected chi connectivity index (χ2v) is 11.1. The van der Waals surface area contributed by atoms with Crippen LogP contribution in [0.5, 0.6) is 11.5 Å². The van der Waals surface area contributed by atoms with Gasteiger partial charge in [0.15, 0.2) is 11.5 Å². The van der Waals surface area contributed by atoms with Gasteiger partial charge in [0.2, 0.25) is 5.91 Å². The number of benzene rings is 2. The summed E-state index contributed by atoms with van der Waals surface area (Å²) < 4.78 is 11.7. The molecule has 0 spiro atoms. The fourth-order valence-electron chi connectivity index (χ4n) is 4.21. The third-order valence-electron chi connectivity index (χ3n) is 6.14. The van der Waals surface area contributed by atoms with Gasteiger partial charge in [-0.2, -0.15) is 0 Å². The standard InChI is InChI=1S/C27H27Cl3N2O5S/c1-2-36-22-12-17(11-21(30)25(22)37-16-18-7-8-19(28)14-20(18)29)13-23-26(34)32(27(35)38-23)15-24(33)31-9-5-3-4-6-10-31/h7-8,11-14H,2-6,9-10,15-16H2,1H3. The number of rotatable bonds is 8. The molecule has 2 aliphatic rings. The Morgan fingerprint density at radius 3 is 2.42 bits per heavy atom. The van der Waals surface area contributed by atoms with E-state index in [1.165, 1.54) is 0 Å². The van der Waals surface area contributed by atoms with E-state index >= 15 is 0 Å². The Morgan fingerprint density at radius 1 is 1.00 bits per heavy atom. The zero-order chi connectivity index (χ0) is 27.2. The number of carbonyl (C=O) groups is 3. The van der Waals surface area contributed by atoms with Gasteiger partial charge in [-0.15, -0.1) is 0 Å². The van der Waals surface area contributed by atoms with Crippen molar-refractivity contribution in [2.45, 2.75) is 39.2 Å². The van der Waals surface area contributed by atoms with Gasteiger partial charge in [0.05, 0.1) is 16.5 Å². The maximum atomic E-state index is 13.0. The van der Waals surface area contributed by atoms with E-state index in [2.05, 4.69) is 0 Å². The summed E-state index contributed by atoms with van der Waals surface area (Å²) in [6, 6.07) is 8.42. The van der Waals surface area contributed by atoms with Gasteiger partial charge in [-0.1, -0.05) is 53.7 Å². The van der Waals surface area contributed by atoms with Crippen LogP contribution in [0.3, 0.4) is 0 Å². The molecule has 2 aromatic carbocycles. The summed E-state index contributed by atoms with van der Waals surface area (Å²) in [7, 11) is 0. The molecule has 0 radical (unpaired) electrons. The number of amides is 3. The summed E-state index contributed by atoms with van der Waals surface area (Å²) in [5.74, 6) is -0.00544. The largest absolute Gasteiger partial charge is 0.490 e. The molecule has 2 heterocycles. The Labute approximate surface area is 241 Å².